The van der Waals surface area contributed by atoms with Crippen molar-refractivity contribution in [3.63, 3.8) is 0 Å². The summed E-state index contributed by atoms with van der Waals surface area (Å²) in [5.74, 6) is 0. The fourth-order valence-corrected chi connectivity index (χ4v) is 2.30. The fourth-order valence-electron chi connectivity index (χ4n) is 2.30. The first-order valence-electron chi connectivity index (χ1n) is 7.58. The molecule has 0 radical (unpaired) electrons. The monoisotopic (exact) mass is 262 g/mol. The molecule has 0 aliphatic heterocycles. The minimum atomic E-state index is 0.539. The molecular formula is C17H30N2. The second-order valence-corrected chi connectivity index (χ2v) is 5.79. The summed E-state index contributed by atoms with van der Waals surface area (Å²) in [5.41, 5.74) is 4.11. The molecule has 1 aromatic rings. The first-order chi connectivity index (χ1) is 9.04. The SMILES string of the molecule is CCCCCN(C)c1ccc(CNC(C)C)cc1C. The number of hydrogen-bond donors (Lipinski definition) is 1. The van der Waals surface area contributed by atoms with Gasteiger partial charge in [-0.05, 0) is 30.5 Å². The van der Waals surface area contributed by atoms with Crippen molar-refractivity contribution >= 4 is 5.69 Å². The van der Waals surface area contributed by atoms with Crippen LogP contribution >= 0.6 is 0 Å². The number of aryl methyl sites for hydroxylation is 1. The summed E-state index contributed by atoms with van der Waals surface area (Å²) in [5, 5.41) is 3.47. The molecule has 2 nitrogen and oxygen atoms in total. The number of unbranched alkanes of at least 4 members (excludes halogenated alkanes) is 2. The van der Waals surface area contributed by atoms with Crippen LogP contribution in [-0.4, -0.2) is 19.6 Å². The molecule has 108 valence electrons. The van der Waals surface area contributed by atoms with Crippen molar-refractivity contribution in [3.05, 3.63) is 29.3 Å². The molecule has 2 heteroatoms. The van der Waals surface area contributed by atoms with Gasteiger partial charge in [-0.2, -0.15) is 0 Å². The van der Waals surface area contributed by atoms with Crippen LogP contribution in [0.1, 0.15) is 51.2 Å². The minimum absolute atomic E-state index is 0.539. The van der Waals surface area contributed by atoms with E-state index in [1.165, 1.54) is 36.1 Å². The second-order valence-electron chi connectivity index (χ2n) is 5.79. The molecule has 0 spiro atoms. The lowest BCUT2D eigenvalue weighted by Crippen LogP contribution is -2.22. The molecule has 0 saturated carbocycles. The predicted molar refractivity (Wildman–Crippen MR) is 85.9 cm³/mol. The van der Waals surface area contributed by atoms with E-state index in [9.17, 15) is 0 Å². The van der Waals surface area contributed by atoms with Gasteiger partial charge >= 0.3 is 0 Å². The molecule has 0 aliphatic rings. The van der Waals surface area contributed by atoms with Gasteiger partial charge in [0, 0.05) is 31.9 Å². The maximum absolute atomic E-state index is 3.47. The van der Waals surface area contributed by atoms with Crippen LogP contribution in [0, 0.1) is 6.92 Å². The van der Waals surface area contributed by atoms with Gasteiger partial charge in [0.15, 0.2) is 0 Å². The highest BCUT2D eigenvalue weighted by atomic mass is 15.1. The Morgan fingerprint density at radius 3 is 2.53 bits per heavy atom. The zero-order valence-corrected chi connectivity index (χ0v) is 13.3. The van der Waals surface area contributed by atoms with Crippen molar-refractivity contribution in [2.24, 2.45) is 0 Å². The van der Waals surface area contributed by atoms with Gasteiger partial charge in [-0.3, -0.25) is 0 Å². The van der Waals surface area contributed by atoms with Crippen LogP contribution in [0.4, 0.5) is 5.69 Å². The minimum Gasteiger partial charge on any atom is -0.374 e. The van der Waals surface area contributed by atoms with Crippen LogP contribution in [0.2, 0.25) is 0 Å². The highest BCUT2D eigenvalue weighted by Gasteiger charge is 2.05. The van der Waals surface area contributed by atoms with E-state index in [4.69, 9.17) is 0 Å². The van der Waals surface area contributed by atoms with Crippen LogP contribution in [-0.2, 0) is 6.54 Å². The van der Waals surface area contributed by atoms with E-state index in [1.807, 2.05) is 0 Å². The lowest BCUT2D eigenvalue weighted by Gasteiger charge is -2.22. The van der Waals surface area contributed by atoms with Gasteiger partial charge in [0.1, 0.15) is 0 Å². The molecule has 0 fully saturated rings. The van der Waals surface area contributed by atoms with Crippen LogP contribution in [0.15, 0.2) is 18.2 Å². The quantitative estimate of drug-likeness (QED) is 0.709. The third kappa shape index (κ3) is 5.65. The molecular weight excluding hydrogens is 232 g/mol. The molecule has 1 N–H and O–H groups in total. The molecule has 0 bridgehead atoms. The van der Waals surface area contributed by atoms with Crippen molar-refractivity contribution in [1.29, 1.82) is 0 Å². The van der Waals surface area contributed by atoms with Gasteiger partial charge in [-0.1, -0.05) is 45.7 Å². The second kappa shape index (κ2) is 8.21. The average molecular weight is 262 g/mol. The van der Waals surface area contributed by atoms with E-state index >= 15 is 0 Å². The lowest BCUT2D eigenvalue weighted by molar-refractivity contribution is 0.588. The van der Waals surface area contributed by atoms with Crippen molar-refractivity contribution in [2.75, 3.05) is 18.5 Å². The first-order valence-corrected chi connectivity index (χ1v) is 7.58. The van der Waals surface area contributed by atoms with Crippen molar-refractivity contribution in [2.45, 2.75) is 59.5 Å². The molecule has 0 aromatic heterocycles. The summed E-state index contributed by atoms with van der Waals surface area (Å²) >= 11 is 0. The Balaban J connectivity index is 2.60. The smallest absolute Gasteiger partial charge is 0.0393 e. The highest BCUT2D eigenvalue weighted by Crippen LogP contribution is 2.20. The third-order valence-electron chi connectivity index (χ3n) is 3.48. The van der Waals surface area contributed by atoms with Crippen LogP contribution in [0.25, 0.3) is 0 Å². The summed E-state index contributed by atoms with van der Waals surface area (Å²) in [7, 11) is 2.20. The van der Waals surface area contributed by atoms with E-state index in [1.54, 1.807) is 0 Å². The molecule has 1 rings (SSSR count). The standard InChI is InChI=1S/C17H30N2/c1-6-7-8-11-19(5)17-10-9-16(12-15(17)4)13-18-14(2)3/h9-10,12,14,18H,6-8,11,13H2,1-5H3. The summed E-state index contributed by atoms with van der Waals surface area (Å²) in [4.78, 5) is 2.38. The average Bonchev–Trinajstić information content (AvgIpc) is 2.36. The third-order valence-corrected chi connectivity index (χ3v) is 3.48. The number of benzene rings is 1. The molecule has 0 saturated heterocycles. The van der Waals surface area contributed by atoms with Gasteiger partial charge in [-0.25, -0.2) is 0 Å². The number of rotatable bonds is 8. The Morgan fingerprint density at radius 2 is 1.95 bits per heavy atom. The number of hydrogen-bond acceptors (Lipinski definition) is 2. The zero-order valence-electron chi connectivity index (χ0n) is 13.3. The molecule has 1 aromatic carbocycles. The van der Waals surface area contributed by atoms with Crippen LogP contribution in [0.3, 0.4) is 0 Å². The first kappa shape index (κ1) is 16.0. The number of nitrogens with one attached hydrogen (secondary N) is 1. The zero-order chi connectivity index (χ0) is 14.3. The lowest BCUT2D eigenvalue weighted by atomic mass is 10.1. The summed E-state index contributed by atoms with van der Waals surface area (Å²) in [6, 6.07) is 7.35. The largest absolute Gasteiger partial charge is 0.374 e. The number of nitrogens with zero attached hydrogens (tertiary/aromatic N) is 1. The van der Waals surface area contributed by atoms with Crippen molar-refractivity contribution < 1.29 is 0 Å². The molecule has 0 heterocycles. The van der Waals surface area contributed by atoms with E-state index in [-0.39, 0.29) is 0 Å². The van der Waals surface area contributed by atoms with Gasteiger partial charge in [0.05, 0.1) is 0 Å². The van der Waals surface area contributed by atoms with Gasteiger partial charge in [0.2, 0.25) is 0 Å². The Morgan fingerprint density at radius 1 is 1.21 bits per heavy atom. The van der Waals surface area contributed by atoms with Crippen molar-refractivity contribution in [1.82, 2.24) is 5.32 Å². The highest BCUT2D eigenvalue weighted by molar-refractivity contribution is 5.53. The van der Waals surface area contributed by atoms with Gasteiger partial charge in [0.25, 0.3) is 0 Å². The summed E-state index contributed by atoms with van der Waals surface area (Å²) < 4.78 is 0. The summed E-state index contributed by atoms with van der Waals surface area (Å²) in [6.07, 6.45) is 3.88. The van der Waals surface area contributed by atoms with Gasteiger partial charge in [-0.15, -0.1) is 0 Å². The Labute approximate surface area is 119 Å². The number of anilines is 1. The summed E-state index contributed by atoms with van der Waals surface area (Å²) in [6.45, 7) is 10.9. The molecule has 19 heavy (non-hydrogen) atoms. The topological polar surface area (TPSA) is 15.3 Å². The molecule has 0 amide bonds. The van der Waals surface area contributed by atoms with Crippen LogP contribution < -0.4 is 10.2 Å². The maximum Gasteiger partial charge on any atom is 0.0393 e. The van der Waals surface area contributed by atoms with E-state index in [0.29, 0.717) is 6.04 Å². The normalized spacial score (nSPS) is 11.1. The maximum atomic E-state index is 3.47. The van der Waals surface area contributed by atoms with Gasteiger partial charge < -0.3 is 10.2 Å². The fraction of sp³-hybridized carbons (Fsp3) is 0.647. The Hall–Kier alpha value is -1.02. The Kier molecular flexibility index (Phi) is 6.93. The van der Waals surface area contributed by atoms with Crippen molar-refractivity contribution in [3.8, 4) is 0 Å². The van der Waals surface area contributed by atoms with Crippen LogP contribution in [0.5, 0.6) is 0 Å². The van der Waals surface area contributed by atoms with E-state index < -0.39 is 0 Å². The Bertz CT molecular complexity index is 372. The van der Waals surface area contributed by atoms with E-state index in [0.717, 1.165) is 13.1 Å². The molecule has 0 aliphatic carbocycles. The molecule has 0 atom stereocenters. The van der Waals surface area contributed by atoms with E-state index in [2.05, 4.69) is 63.2 Å². The predicted octanol–water partition coefficient (Wildman–Crippen LogP) is 4.12. The molecule has 0 unspecified atom stereocenters.